The number of hydrogen-bond donors (Lipinski definition) is 1. The van der Waals surface area contributed by atoms with E-state index in [-0.39, 0.29) is 0 Å². The van der Waals surface area contributed by atoms with Gasteiger partial charge in [-0.1, -0.05) is 6.92 Å². The third-order valence-electron chi connectivity index (χ3n) is 2.73. The topological polar surface area (TPSA) is 60.6 Å². The van der Waals surface area contributed by atoms with Crippen LogP contribution in [0.4, 0.5) is 0 Å². The summed E-state index contributed by atoms with van der Waals surface area (Å²) in [5, 5.41) is 12.1. The molecule has 0 aliphatic heterocycles. The van der Waals surface area contributed by atoms with Crippen molar-refractivity contribution in [2.75, 3.05) is 6.54 Å². The van der Waals surface area contributed by atoms with Gasteiger partial charge in [-0.2, -0.15) is 10.2 Å². The van der Waals surface area contributed by atoms with E-state index in [9.17, 15) is 0 Å². The Labute approximate surface area is 107 Å². The molecule has 18 heavy (non-hydrogen) atoms. The maximum atomic E-state index is 4.43. The summed E-state index contributed by atoms with van der Waals surface area (Å²) in [6.07, 6.45) is 1.77. The molecule has 2 rings (SSSR count). The lowest BCUT2D eigenvalue weighted by molar-refractivity contribution is 0.568. The SMILES string of the molecule is CCNCc1ncn(Cc2cc(C)nn2CC)n1. The highest BCUT2D eigenvalue weighted by atomic mass is 15.4. The fourth-order valence-electron chi connectivity index (χ4n) is 1.89. The van der Waals surface area contributed by atoms with Gasteiger partial charge in [0.15, 0.2) is 5.82 Å². The molecule has 0 saturated heterocycles. The lowest BCUT2D eigenvalue weighted by Crippen LogP contribution is -2.13. The molecule has 0 saturated carbocycles. The van der Waals surface area contributed by atoms with Crippen LogP contribution < -0.4 is 5.32 Å². The van der Waals surface area contributed by atoms with Crippen LogP contribution in [0.15, 0.2) is 12.4 Å². The van der Waals surface area contributed by atoms with E-state index < -0.39 is 0 Å². The molecule has 0 aliphatic carbocycles. The summed E-state index contributed by atoms with van der Waals surface area (Å²) in [4.78, 5) is 4.27. The average Bonchev–Trinajstić information content (AvgIpc) is 2.94. The van der Waals surface area contributed by atoms with E-state index in [1.807, 2.05) is 16.3 Å². The number of aromatic nitrogens is 5. The summed E-state index contributed by atoms with van der Waals surface area (Å²) >= 11 is 0. The summed E-state index contributed by atoms with van der Waals surface area (Å²) in [6.45, 7) is 9.41. The van der Waals surface area contributed by atoms with Crippen molar-refractivity contribution in [1.29, 1.82) is 0 Å². The van der Waals surface area contributed by atoms with Gasteiger partial charge in [-0.3, -0.25) is 4.68 Å². The van der Waals surface area contributed by atoms with Crippen molar-refractivity contribution in [2.45, 2.75) is 40.4 Å². The second kappa shape index (κ2) is 5.77. The van der Waals surface area contributed by atoms with Crippen molar-refractivity contribution in [3.63, 3.8) is 0 Å². The molecule has 0 spiro atoms. The minimum Gasteiger partial charge on any atom is -0.310 e. The first-order valence-corrected chi connectivity index (χ1v) is 6.35. The Hall–Kier alpha value is -1.69. The fraction of sp³-hybridized carbons (Fsp3) is 0.583. The average molecular weight is 248 g/mol. The Morgan fingerprint density at radius 2 is 2.11 bits per heavy atom. The van der Waals surface area contributed by atoms with E-state index in [2.05, 4.69) is 40.4 Å². The Bertz CT molecular complexity index is 498. The summed E-state index contributed by atoms with van der Waals surface area (Å²) in [6, 6.07) is 2.09. The highest BCUT2D eigenvalue weighted by Gasteiger charge is 2.06. The molecular weight excluding hydrogens is 228 g/mol. The maximum absolute atomic E-state index is 4.43. The van der Waals surface area contributed by atoms with Crippen molar-refractivity contribution >= 4 is 0 Å². The maximum Gasteiger partial charge on any atom is 0.164 e. The van der Waals surface area contributed by atoms with E-state index in [1.165, 1.54) is 0 Å². The van der Waals surface area contributed by atoms with Crippen LogP contribution in [0, 0.1) is 6.92 Å². The Balaban J connectivity index is 2.06. The van der Waals surface area contributed by atoms with Gasteiger partial charge < -0.3 is 5.32 Å². The zero-order valence-corrected chi connectivity index (χ0v) is 11.2. The van der Waals surface area contributed by atoms with E-state index in [1.54, 1.807) is 6.33 Å². The Morgan fingerprint density at radius 3 is 2.83 bits per heavy atom. The third kappa shape index (κ3) is 2.95. The van der Waals surface area contributed by atoms with Crippen LogP contribution in [-0.4, -0.2) is 31.1 Å². The van der Waals surface area contributed by atoms with Gasteiger partial charge >= 0.3 is 0 Å². The molecular formula is C12H20N6. The highest BCUT2D eigenvalue weighted by molar-refractivity contribution is 5.09. The molecule has 6 heteroatoms. The minimum absolute atomic E-state index is 0.716. The molecule has 6 nitrogen and oxygen atoms in total. The normalized spacial score (nSPS) is 11.1. The molecule has 98 valence electrons. The number of aryl methyl sites for hydroxylation is 2. The van der Waals surface area contributed by atoms with Gasteiger partial charge in [0.05, 0.1) is 24.5 Å². The summed E-state index contributed by atoms with van der Waals surface area (Å²) in [5.74, 6) is 0.830. The van der Waals surface area contributed by atoms with E-state index in [4.69, 9.17) is 0 Å². The van der Waals surface area contributed by atoms with Crippen molar-refractivity contribution in [2.24, 2.45) is 0 Å². The van der Waals surface area contributed by atoms with Gasteiger partial charge in [0.1, 0.15) is 6.33 Å². The molecule has 2 heterocycles. The van der Waals surface area contributed by atoms with Crippen LogP contribution in [0.1, 0.15) is 31.1 Å². The molecule has 2 aromatic heterocycles. The lowest BCUT2D eigenvalue weighted by Gasteiger charge is -2.03. The van der Waals surface area contributed by atoms with Crippen LogP contribution in [0.2, 0.25) is 0 Å². The standard InChI is InChI=1S/C12H20N6/c1-4-13-7-12-14-9-17(16-12)8-11-6-10(3)15-18(11)5-2/h6,9,13H,4-5,7-8H2,1-3H3. The van der Waals surface area contributed by atoms with Crippen molar-refractivity contribution < 1.29 is 0 Å². The van der Waals surface area contributed by atoms with Gasteiger partial charge in [0, 0.05) is 6.54 Å². The smallest absolute Gasteiger partial charge is 0.164 e. The number of nitrogens with one attached hydrogen (secondary N) is 1. The molecule has 0 aromatic carbocycles. The van der Waals surface area contributed by atoms with Crippen molar-refractivity contribution in [1.82, 2.24) is 29.9 Å². The molecule has 0 aliphatic rings. The first-order chi connectivity index (χ1) is 8.72. The van der Waals surface area contributed by atoms with Crippen LogP contribution in [0.3, 0.4) is 0 Å². The van der Waals surface area contributed by atoms with Crippen molar-refractivity contribution in [3.8, 4) is 0 Å². The van der Waals surface area contributed by atoms with Gasteiger partial charge in [-0.15, -0.1) is 0 Å². The van der Waals surface area contributed by atoms with Crippen LogP contribution in [0.5, 0.6) is 0 Å². The number of rotatable bonds is 6. The molecule has 0 unspecified atom stereocenters. The fourth-order valence-corrected chi connectivity index (χ4v) is 1.89. The molecule has 0 radical (unpaired) electrons. The zero-order valence-electron chi connectivity index (χ0n) is 11.2. The lowest BCUT2D eigenvalue weighted by atomic mass is 10.3. The highest BCUT2D eigenvalue weighted by Crippen LogP contribution is 2.05. The first-order valence-electron chi connectivity index (χ1n) is 6.35. The summed E-state index contributed by atoms with van der Waals surface area (Å²) < 4.78 is 3.86. The predicted octanol–water partition coefficient (Wildman–Crippen LogP) is 0.961. The quantitative estimate of drug-likeness (QED) is 0.827. The summed E-state index contributed by atoms with van der Waals surface area (Å²) in [5.41, 5.74) is 2.20. The second-order valence-electron chi connectivity index (χ2n) is 4.23. The number of nitrogens with zero attached hydrogens (tertiary/aromatic N) is 5. The molecule has 0 atom stereocenters. The monoisotopic (exact) mass is 248 g/mol. The van der Waals surface area contributed by atoms with Gasteiger partial charge in [-0.25, -0.2) is 9.67 Å². The van der Waals surface area contributed by atoms with E-state index >= 15 is 0 Å². The molecule has 0 bridgehead atoms. The molecule has 1 N–H and O–H groups in total. The van der Waals surface area contributed by atoms with Crippen LogP contribution >= 0.6 is 0 Å². The van der Waals surface area contributed by atoms with Crippen LogP contribution in [0.25, 0.3) is 0 Å². The first kappa shape index (κ1) is 12.8. The Kier molecular flexibility index (Phi) is 4.09. The zero-order chi connectivity index (χ0) is 13.0. The van der Waals surface area contributed by atoms with Gasteiger partial charge in [-0.05, 0) is 26.5 Å². The molecule has 0 fully saturated rings. The van der Waals surface area contributed by atoms with Crippen molar-refractivity contribution in [3.05, 3.63) is 29.6 Å². The largest absolute Gasteiger partial charge is 0.310 e. The predicted molar refractivity (Wildman–Crippen MR) is 69.1 cm³/mol. The Morgan fingerprint density at radius 1 is 1.28 bits per heavy atom. The third-order valence-corrected chi connectivity index (χ3v) is 2.73. The van der Waals surface area contributed by atoms with Gasteiger partial charge in [0.25, 0.3) is 0 Å². The molecule has 0 amide bonds. The minimum atomic E-state index is 0.716. The van der Waals surface area contributed by atoms with Crippen LogP contribution in [-0.2, 0) is 19.6 Å². The van der Waals surface area contributed by atoms with E-state index in [0.29, 0.717) is 6.54 Å². The van der Waals surface area contributed by atoms with Gasteiger partial charge in [0.2, 0.25) is 0 Å². The summed E-state index contributed by atoms with van der Waals surface area (Å²) in [7, 11) is 0. The molecule has 2 aromatic rings. The number of hydrogen-bond acceptors (Lipinski definition) is 4. The van der Waals surface area contributed by atoms with E-state index in [0.717, 1.165) is 36.8 Å². The second-order valence-corrected chi connectivity index (χ2v) is 4.23.